The van der Waals surface area contributed by atoms with Gasteiger partial charge >= 0.3 is 0 Å². The van der Waals surface area contributed by atoms with Crippen molar-refractivity contribution in [3.8, 4) is 0 Å². The summed E-state index contributed by atoms with van der Waals surface area (Å²) in [5.41, 5.74) is 0. The van der Waals surface area contributed by atoms with E-state index in [0.717, 1.165) is 6.54 Å². The summed E-state index contributed by atoms with van der Waals surface area (Å²) in [5.74, 6) is 0. The van der Waals surface area contributed by atoms with Crippen LogP contribution >= 0.6 is 0 Å². The highest BCUT2D eigenvalue weighted by molar-refractivity contribution is 4.45. The first kappa shape index (κ1) is 9.96. The van der Waals surface area contributed by atoms with Gasteiger partial charge in [-0.3, -0.25) is 0 Å². The van der Waals surface area contributed by atoms with Crippen LogP contribution < -0.4 is 5.32 Å². The van der Waals surface area contributed by atoms with E-state index in [-0.39, 0.29) is 0 Å². The molecule has 1 nitrogen and oxygen atoms in total. The predicted molar refractivity (Wildman–Crippen MR) is 47.3 cm³/mol. The fraction of sp³-hybridized carbons (Fsp3) is 1.00. The van der Waals surface area contributed by atoms with Gasteiger partial charge in [-0.2, -0.15) is 0 Å². The van der Waals surface area contributed by atoms with Gasteiger partial charge in [0.05, 0.1) is 0 Å². The van der Waals surface area contributed by atoms with Gasteiger partial charge in [-0.25, -0.2) is 0 Å². The van der Waals surface area contributed by atoms with Gasteiger partial charge in [0.1, 0.15) is 0 Å². The van der Waals surface area contributed by atoms with Crippen molar-refractivity contribution in [2.24, 2.45) is 0 Å². The van der Waals surface area contributed by atoms with E-state index in [1.54, 1.807) is 0 Å². The lowest BCUT2D eigenvalue weighted by molar-refractivity contribution is 0.593. The summed E-state index contributed by atoms with van der Waals surface area (Å²) in [4.78, 5) is 0. The van der Waals surface area contributed by atoms with E-state index in [2.05, 4.69) is 19.2 Å². The molecule has 1 N–H and O–H groups in total. The molecule has 0 rings (SSSR count). The largest absolute Gasteiger partial charge is 0.317 e. The van der Waals surface area contributed by atoms with E-state index in [9.17, 15) is 0 Å². The summed E-state index contributed by atoms with van der Waals surface area (Å²) < 4.78 is 0. The standard InChI is InChI=1S/C9H21N/c1-3-5-6-7-8-9-10-4-2/h10H,3-9H2,1-2H3. The maximum absolute atomic E-state index is 3.33. The third-order valence-corrected chi connectivity index (χ3v) is 1.71. The monoisotopic (exact) mass is 143 g/mol. The smallest absolute Gasteiger partial charge is 0.00490 e. The molecule has 0 aliphatic heterocycles. The van der Waals surface area contributed by atoms with Crippen molar-refractivity contribution in [3.05, 3.63) is 0 Å². The molecule has 0 atom stereocenters. The van der Waals surface area contributed by atoms with Crippen LogP contribution in [0.1, 0.15) is 46.0 Å². The Morgan fingerprint density at radius 1 is 0.900 bits per heavy atom. The number of unbranched alkanes of at least 4 members (excludes halogenated alkanes) is 4. The Bertz CT molecular complexity index is 44.7. The minimum absolute atomic E-state index is 1.12. The van der Waals surface area contributed by atoms with Crippen LogP contribution in [0.3, 0.4) is 0 Å². The van der Waals surface area contributed by atoms with Crippen molar-refractivity contribution in [1.29, 1.82) is 0 Å². The van der Waals surface area contributed by atoms with Crippen molar-refractivity contribution in [2.45, 2.75) is 46.0 Å². The fourth-order valence-electron chi connectivity index (χ4n) is 1.03. The Morgan fingerprint density at radius 3 is 2.20 bits per heavy atom. The van der Waals surface area contributed by atoms with Gasteiger partial charge in [0.15, 0.2) is 0 Å². The summed E-state index contributed by atoms with van der Waals surface area (Å²) in [6.07, 6.45) is 6.93. The number of hydrogen-bond donors (Lipinski definition) is 1. The van der Waals surface area contributed by atoms with Crippen molar-refractivity contribution in [1.82, 2.24) is 5.32 Å². The van der Waals surface area contributed by atoms with Gasteiger partial charge in [-0.15, -0.1) is 0 Å². The lowest BCUT2D eigenvalue weighted by Crippen LogP contribution is -2.13. The second-order valence-electron chi connectivity index (χ2n) is 2.77. The lowest BCUT2D eigenvalue weighted by Gasteiger charge is -1.99. The molecular weight excluding hydrogens is 122 g/mol. The molecule has 0 aromatic heterocycles. The molecule has 0 amide bonds. The molecule has 0 spiro atoms. The van der Waals surface area contributed by atoms with Crippen LogP contribution in [0.15, 0.2) is 0 Å². The third kappa shape index (κ3) is 7.96. The zero-order valence-electron chi connectivity index (χ0n) is 7.45. The van der Waals surface area contributed by atoms with E-state index < -0.39 is 0 Å². The topological polar surface area (TPSA) is 12.0 Å². The van der Waals surface area contributed by atoms with Crippen LogP contribution in [-0.2, 0) is 0 Å². The highest BCUT2D eigenvalue weighted by Gasteiger charge is 1.86. The summed E-state index contributed by atoms with van der Waals surface area (Å²) in [5, 5.41) is 3.33. The van der Waals surface area contributed by atoms with Crippen LogP contribution in [0.4, 0.5) is 0 Å². The maximum Gasteiger partial charge on any atom is -0.00490 e. The Labute approximate surface area is 65.2 Å². The number of hydrogen-bond acceptors (Lipinski definition) is 1. The van der Waals surface area contributed by atoms with Gasteiger partial charge in [0.2, 0.25) is 0 Å². The Balaban J connectivity index is 2.65. The van der Waals surface area contributed by atoms with Crippen LogP contribution in [-0.4, -0.2) is 13.1 Å². The first-order valence-electron chi connectivity index (χ1n) is 4.62. The van der Waals surface area contributed by atoms with Gasteiger partial charge in [-0.1, -0.05) is 39.5 Å². The third-order valence-electron chi connectivity index (χ3n) is 1.71. The fourth-order valence-corrected chi connectivity index (χ4v) is 1.03. The van der Waals surface area contributed by atoms with Gasteiger partial charge < -0.3 is 5.32 Å². The Morgan fingerprint density at radius 2 is 1.60 bits per heavy atom. The van der Waals surface area contributed by atoms with Crippen molar-refractivity contribution in [2.75, 3.05) is 13.1 Å². The molecule has 0 unspecified atom stereocenters. The number of rotatable bonds is 7. The molecule has 0 aromatic carbocycles. The van der Waals surface area contributed by atoms with E-state index >= 15 is 0 Å². The highest BCUT2D eigenvalue weighted by atomic mass is 14.8. The van der Waals surface area contributed by atoms with E-state index in [4.69, 9.17) is 0 Å². The van der Waals surface area contributed by atoms with E-state index in [0.29, 0.717) is 0 Å². The second kappa shape index (κ2) is 8.96. The van der Waals surface area contributed by atoms with Crippen molar-refractivity contribution in [3.63, 3.8) is 0 Å². The Kier molecular flexibility index (Phi) is 8.92. The van der Waals surface area contributed by atoms with Crippen molar-refractivity contribution >= 4 is 0 Å². The second-order valence-corrected chi connectivity index (χ2v) is 2.77. The van der Waals surface area contributed by atoms with Crippen LogP contribution in [0.2, 0.25) is 0 Å². The SMILES string of the molecule is CCCCCCCNCC. The average Bonchev–Trinajstić information content (AvgIpc) is 1.97. The van der Waals surface area contributed by atoms with Crippen LogP contribution in [0.5, 0.6) is 0 Å². The zero-order chi connectivity index (χ0) is 7.66. The minimum atomic E-state index is 1.12. The molecule has 1 heteroatoms. The average molecular weight is 143 g/mol. The predicted octanol–water partition coefficient (Wildman–Crippen LogP) is 2.57. The lowest BCUT2D eigenvalue weighted by atomic mass is 10.1. The minimum Gasteiger partial charge on any atom is -0.317 e. The molecule has 0 saturated carbocycles. The molecule has 0 saturated heterocycles. The van der Waals surface area contributed by atoms with E-state index in [1.165, 1.54) is 38.6 Å². The molecule has 0 bridgehead atoms. The maximum atomic E-state index is 3.33. The summed E-state index contributed by atoms with van der Waals surface area (Å²) in [6, 6.07) is 0. The zero-order valence-corrected chi connectivity index (χ0v) is 7.45. The van der Waals surface area contributed by atoms with Crippen molar-refractivity contribution < 1.29 is 0 Å². The molecule has 0 radical (unpaired) electrons. The van der Waals surface area contributed by atoms with Crippen LogP contribution in [0, 0.1) is 0 Å². The van der Waals surface area contributed by atoms with Gasteiger partial charge in [0, 0.05) is 0 Å². The first-order valence-corrected chi connectivity index (χ1v) is 4.62. The molecule has 0 aromatic rings. The van der Waals surface area contributed by atoms with Gasteiger partial charge in [0.25, 0.3) is 0 Å². The normalized spacial score (nSPS) is 10.2. The molecule has 0 aliphatic carbocycles. The first-order chi connectivity index (χ1) is 4.91. The van der Waals surface area contributed by atoms with Crippen LogP contribution in [0.25, 0.3) is 0 Å². The molecule has 0 heterocycles. The molecule has 10 heavy (non-hydrogen) atoms. The van der Waals surface area contributed by atoms with Gasteiger partial charge in [-0.05, 0) is 19.5 Å². The molecule has 62 valence electrons. The summed E-state index contributed by atoms with van der Waals surface area (Å²) in [7, 11) is 0. The summed E-state index contributed by atoms with van der Waals surface area (Å²) in [6.45, 7) is 6.74. The molecule has 0 aliphatic rings. The quantitative estimate of drug-likeness (QED) is 0.540. The van der Waals surface area contributed by atoms with E-state index in [1.807, 2.05) is 0 Å². The summed E-state index contributed by atoms with van der Waals surface area (Å²) >= 11 is 0. The molecular formula is C9H21N. The molecule has 0 fully saturated rings. The number of nitrogens with one attached hydrogen (secondary N) is 1. The highest BCUT2D eigenvalue weighted by Crippen LogP contribution is 2.00. The Hall–Kier alpha value is -0.0400.